The summed E-state index contributed by atoms with van der Waals surface area (Å²) in [5.41, 5.74) is 0.0499. The summed E-state index contributed by atoms with van der Waals surface area (Å²) in [4.78, 5) is 11.5. The Balaban J connectivity index is 4.56. The van der Waals surface area contributed by atoms with E-state index in [0.717, 1.165) is 0 Å². The third-order valence-electron chi connectivity index (χ3n) is 2.13. The van der Waals surface area contributed by atoms with Crippen LogP contribution in [0.3, 0.4) is 0 Å². The zero-order valence-corrected chi connectivity index (χ0v) is 9.06. The lowest BCUT2D eigenvalue weighted by Gasteiger charge is -2.32. The van der Waals surface area contributed by atoms with Crippen LogP contribution in [0.2, 0.25) is 0 Å². The van der Waals surface area contributed by atoms with Crippen molar-refractivity contribution >= 4 is 5.91 Å². The molecule has 0 aliphatic rings. The summed E-state index contributed by atoms with van der Waals surface area (Å²) in [6, 6.07) is 0. The Morgan fingerprint density at radius 2 is 1.67 bits per heavy atom. The van der Waals surface area contributed by atoms with Crippen molar-refractivity contribution in [1.29, 1.82) is 0 Å². The first-order valence-electron chi connectivity index (χ1n) is 4.52. The second-order valence-electron chi connectivity index (χ2n) is 4.70. The van der Waals surface area contributed by atoms with Crippen molar-refractivity contribution in [3.05, 3.63) is 0 Å². The molecule has 0 bridgehead atoms. The second kappa shape index (κ2) is 3.92. The predicted molar refractivity (Wildman–Crippen MR) is 51.8 cm³/mol. The van der Waals surface area contributed by atoms with Crippen molar-refractivity contribution in [1.82, 2.24) is 5.32 Å². The van der Waals surface area contributed by atoms with Gasteiger partial charge in [0, 0.05) is 13.0 Å². The van der Waals surface area contributed by atoms with Gasteiger partial charge < -0.3 is 5.32 Å². The van der Waals surface area contributed by atoms with Gasteiger partial charge in [-0.2, -0.15) is 0 Å². The highest BCUT2D eigenvalue weighted by Gasteiger charge is 2.32. The van der Waals surface area contributed by atoms with E-state index in [1.807, 2.05) is 0 Å². The van der Waals surface area contributed by atoms with Crippen LogP contribution in [0.15, 0.2) is 0 Å². The van der Waals surface area contributed by atoms with Crippen molar-refractivity contribution in [2.75, 3.05) is 7.05 Å². The molecule has 72 valence electrons. The zero-order valence-electron chi connectivity index (χ0n) is 9.06. The molecular formula is C10H21NO. The van der Waals surface area contributed by atoms with Gasteiger partial charge in [-0.1, -0.05) is 34.6 Å². The Morgan fingerprint density at radius 3 is 1.75 bits per heavy atom. The number of carbonyl (C=O) groups is 1. The molecule has 2 nitrogen and oxygen atoms in total. The average molecular weight is 171 g/mol. The van der Waals surface area contributed by atoms with Gasteiger partial charge in [0.25, 0.3) is 0 Å². The summed E-state index contributed by atoms with van der Waals surface area (Å²) in [5.74, 6) is 0.643. The van der Waals surface area contributed by atoms with Crippen molar-refractivity contribution in [3.63, 3.8) is 0 Å². The van der Waals surface area contributed by atoms with E-state index in [-0.39, 0.29) is 17.2 Å². The van der Waals surface area contributed by atoms with Crippen LogP contribution in [0.25, 0.3) is 0 Å². The fourth-order valence-electron chi connectivity index (χ4n) is 1.85. The molecule has 2 heteroatoms. The summed E-state index contributed by atoms with van der Waals surface area (Å²) < 4.78 is 0. The van der Waals surface area contributed by atoms with E-state index in [1.54, 1.807) is 7.05 Å². The van der Waals surface area contributed by atoms with Crippen molar-refractivity contribution in [3.8, 4) is 0 Å². The molecule has 0 fully saturated rings. The summed E-state index contributed by atoms with van der Waals surface area (Å²) >= 11 is 0. The zero-order chi connectivity index (χ0) is 9.94. The van der Waals surface area contributed by atoms with Gasteiger partial charge in [0.05, 0.1) is 0 Å². The molecule has 12 heavy (non-hydrogen) atoms. The summed E-state index contributed by atoms with van der Waals surface area (Å²) in [5, 5.41) is 2.71. The van der Waals surface area contributed by atoms with Crippen LogP contribution in [0.1, 0.15) is 34.6 Å². The Hall–Kier alpha value is -0.530. The minimum atomic E-state index is 0.0499. The standard InChI is InChI=1S/C10H21NO/c1-7(2)8(9(12)11-6)10(3,4)5/h7-8H,1-6H3,(H,11,12)/t8-/m1/s1. The smallest absolute Gasteiger partial charge is 0.223 e. The molecule has 1 atom stereocenters. The topological polar surface area (TPSA) is 29.1 Å². The van der Waals surface area contributed by atoms with Crippen LogP contribution in [0, 0.1) is 17.3 Å². The van der Waals surface area contributed by atoms with E-state index < -0.39 is 0 Å². The van der Waals surface area contributed by atoms with E-state index >= 15 is 0 Å². The molecule has 0 saturated heterocycles. The molecule has 1 amide bonds. The minimum absolute atomic E-state index is 0.0499. The second-order valence-corrected chi connectivity index (χ2v) is 4.70. The summed E-state index contributed by atoms with van der Waals surface area (Å²) in [6.45, 7) is 10.5. The molecule has 0 aliphatic carbocycles. The highest BCUT2D eigenvalue weighted by Crippen LogP contribution is 2.31. The molecule has 0 aromatic rings. The summed E-state index contributed by atoms with van der Waals surface area (Å²) in [6.07, 6.45) is 0. The predicted octanol–water partition coefficient (Wildman–Crippen LogP) is 2.05. The van der Waals surface area contributed by atoms with Crippen LogP contribution in [-0.2, 0) is 4.79 Å². The van der Waals surface area contributed by atoms with Gasteiger partial charge in [0.1, 0.15) is 0 Å². The number of amides is 1. The van der Waals surface area contributed by atoms with Crippen LogP contribution in [-0.4, -0.2) is 13.0 Å². The van der Waals surface area contributed by atoms with Crippen molar-refractivity contribution < 1.29 is 4.79 Å². The third kappa shape index (κ3) is 2.84. The van der Waals surface area contributed by atoms with Gasteiger partial charge in [-0.25, -0.2) is 0 Å². The van der Waals surface area contributed by atoms with Crippen LogP contribution in [0.5, 0.6) is 0 Å². The number of carbonyl (C=O) groups excluding carboxylic acids is 1. The van der Waals surface area contributed by atoms with E-state index in [2.05, 4.69) is 39.9 Å². The maximum absolute atomic E-state index is 11.5. The molecule has 1 N–H and O–H groups in total. The Morgan fingerprint density at radius 1 is 1.25 bits per heavy atom. The monoisotopic (exact) mass is 171 g/mol. The van der Waals surface area contributed by atoms with E-state index in [9.17, 15) is 4.79 Å². The highest BCUT2D eigenvalue weighted by molar-refractivity contribution is 5.79. The Bertz CT molecular complexity index is 156. The van der Waals surface area contributed by atoms with E-state index in [0.29, 0.717) is 5.92 Å². The first-order valence-corrected chi connectivity index (χ1v) is 4.52. The number of hydrogen-bond donors (Lipinski definition) is 1. The van der Waals surface area contributed by atoms with Crippen LogP contribution >= 0.6 is 0 Å². The molecule has 0 unspecified atom stereocenters. The molecule has 0 rings (SSSR count). The highest BCUT2D eigenvalue weighted by atomic mass is 16.1. The number of nitrogens with one attached hydrogen (secondary N) is 1. The lowest BCUT2D eigenvalue weighted by atomic mass is 9.74. The molecule has 0 radical (unpaired) electrons. The largest absolute Gasteiger partial charge is 0.359 e. The lowest BCUT2D eigenvalue weighted by Crippen LogP contribution is -2.39. The molecule has 0 heterocycles. The van der Waals surface area contributed by atoms with Gasteiger partial charge >= 0.3 is 0 Å². The van der Waals surface area contributed by atoms with Gasteiger partial charge in [-0.3, -0.25) is 4.79 Å². The fourth-order valence-corrected chi connectivity index (χ4v) is 1.85. The van der Waals surface area contributed by atoms with Gasteiger partial charge in [0.15, 0.2) is 0 Å². The third-order valence-corrected chi connectivity index (χ3v) is 2.13. The normalized spacial score (nSPS) is 14.6. The quantitative estimate of drug-likeness (QED) is 0.677. The fraction of sp³-hybridized carbons (Fsp3) is 0.900. The van der Waals surface area contributed by atoms with Crippen LogP contribution < -0.4 is 5.32 Å². The van der Waals surface area contributed by atoms with Crippen molar-refractivity contribution in [2.24, 2.45) is 17.3 Å². The van der Waals surface area contributed by atoms with Gasteiger partial charge in [-0.15, -0.1) is 0 Å². The maximum atomic E-state index is 11.5. The Kier molecular flexibility index (Phi) is 3.75. The lowest BCUT2D eigenvalue weighted by molar-refractivity contribution is -0.129. The first kappa shape index (κ1) is 11.5. The van der Waals surface area contributed by atoms with E-state index in [4.69, 9.17) is 0 Å². The Labute approximate surface area is 75.7 Å². The van der Waals surface area contributed by atoms with Crippen molar-refractivity contribution in [2.45, 2.75) is 34.6 Å². The molecular weight excluding hydrogens is 150 g/mol. The molecule has 0 aromatic heterocycles. The first-order chi connectivity index (χ1) is 5.30. The molecule has 0 aromatic carbocycles. The van der Waals surface area contributed by atoms with Gasteiger partial charge in [-0.05, 0) is 11.3 Å². The number of hydrogen-bond acceptors (Lipinski definition) is 1. The minimum Gasteiger partial charge on any atom is -0.359 e. The molecule has 0 saturated carbocycles. The SMILES string of the molecule is CNC(=O)[C@@H](C(C)C)C(C)(C)C. The molecule has 0 aliphatic heterocycles. The van der Waals surface area contributed by atoms with Crippen LogP contribution in [0.4, 0.5) is 0 Å². The van der Waals surface area contributed by atoms with Gasteiger partial charge in [0.2, 0.25) is 5.91 Å². The average Bonchev–Trinajstić information content (AvgIpc) is 1.83. The maximum Gasteiger partial charge on any atom is 0.223 e. The van der Waals surface area contributed by atoms with E-state index in [1.165, 1.54) is 0 Å². The molecule has 0 spiro atoms. The number of rotatable bonds is 2. The summed E-state index contributed by atoms with van der Waals surface area (Å²) in [7, 11) is 1.70.